The number of amides is 1. The lowest BCUT2D eigenvalue weighted by Gasteiger charge is -2.27. The summed E-state index contributed by atoms with van der Waals surface area (Å²) >= 11 is 6.21. The molecule has 1 atom stereocenters. The highest BCUT2D eigenvalue weighted by molar-refractivity contribution is 6.33. The number of H-pyrrole nitrogens is 1. The van der Waals surface area contributed by atoms with Crippen LogP contribution in [0.25, 0.3) is 11.3 Å². The van der Waals surface area contributed by atoms with Gasteiger partial charge < -0.3 is 10.2 Å². The molecule has 2 aromatic rings. The minimum atomic E-state index is 0. The molecule has 5 nitrogen and oxygen atoms in total. The molecule has 1 unspecified atom stereocenters. The van der Waals surface area contributed by atoms with Crippen molar-refractivity contribution < 1.29 is 4.79 Å². The first kappa shape index (κ1) is 18.8. The van der Waals surface area contributed by atoms with Crippen LogP contribution in [0.3, 0.4) is 0 Å². The number of benzene rings is 1. The Morgan fingerprint density at radius 1 is 1.42 bits per heavy atom. The van der Waals surface area contributed by atoms with Crippen LogP contribution >= 0.6 is 24.0 Å². The Morgan fingerprint density at radius 2 is 2.21 bits per heavy atom. The maximum absolute atomic E-state index is 12.8. The molecule has 1 aliphatic heterocycles. The zero-order chi connectivity index (χ0) is 16.2. The molecule has 0 radical (unpaired) electrons. The van der Waals surface area contributed by atoms with Gasteiger partial charge in [-0.2, -0.15) is 5.10 Å². The lowest BCUT2D eigenvalue weighted by Crippen LogP contribution is -2.42. The highest BCUT2D eigenvalue weighted by atomic mass is 35.5. The topological polar surface area (TPSA) is 61.0 Å². The van der Waals surface area contributed by atoms with Gasteiger partial charge in [-0.25, -0.2) is 0 Å². The van der Waals surface area contributed by atoms with Gasteiger partial charge >= 0.3 is 0 Å². The standard InChI is InChI=1S/C17H21ClN4O.ClH/c1-2-9-22(12-7-8-19-11-12)17(23)16-10-15(20-21-16)13-5-3-4-6-14(13)18;/h3-6,10,12,19H,2,7-9,11H2,1H3,(H,20,21);1H. The Morgan fingerprint density at radius 3 is 2.88 bits per heavy atom. The average molecular weight is 369 g/mol. The van der Waals surface area contributed by atoms with Gasteiger partial charge in [-0.05, 0) is 31.5 Å². The van der Waals surface area contributed by atoms with Gasteiger partial charge in [0.1, 0.15) is 5.69 Å². The van der Waals surface area contributed by atoms with Crippen molar-refractivity contribution in [2.24, 2.45) is 0 Å². The first-order valence-electron chi connectivity index (χ1n) is 8.02. The zero-order valence-corrected chi connectivity index (χ0v) is 15.2. The molecule has 1 saturated heterocycles. The summed E-state index contributed by atoms with van der Waals surface area (Å²) in [6.07, 6.45) is 1.94. The molecule has 2 N–H and O–H groups in total. The number of hydrogen-bond acceptors (Lipinski definition) is 3. The number of nitrogens with one attached hydrogen (secondary N) is 2. The van der Waals surface area contributed by atoms with Crippen molar-refractivity contribution in [3.63, 3.8) is 0 Å². The molecule has 7 heteroatoms. The molecule has 24 heavy (non-hydrogen) atoms. The molecule has 3 rings (SSSR count). The minimum absolute atomic E-state index is 0. The van der Waals surface area contributed by atoms with Crippen molar-refractivity contribution in [2.45, 2.75) is 25.8 Å². The van der Waals surface area contributed by atoms with E-state index in [9.17, 15) is 4.79 Å². The molecule has 0 saturated carbocycles. The number of halogens is 2. The molecule has 2 heterocycles. The third kappa shape index (κ3) is 3.91. The summed E-state index contributed by atoms with van der Waals surface area (Å²) in [7, 11) is 0. The minimum Gasteiger partial charge on any atom is -0.333 e. The highest BCUT2D eigenvalue weighted by Crippen LogP contribution is 2.26. The van der Waals surface area contributed by atoms with Gasteiger partial charge in [-0.3, -0.25) is 9.89 Å². The molecule has 0 spiro atoms. The van der Waals surface area contributed by atoms with Crippen LogP contribution in [0, 0.1) is 0 Å². The molecule has 1 amide bonds. The summed E-state index contributed by atoms with van der Waals surface area (Å²) in [5.41, 5.74) is 2.04. The Hall–Kier alpha value is -1.56. The molecule has 1 fully saturated rings. The number of aromatic nitrogens is 2. The number of carbonyl (C=O) groups excluding carboxylic acids is 1. The maximum atomic E-state index is 12.8. The lowest BCUT2D eigenvalue weighted by atomic mass is 10.1. The molecule has 0 bridgehead atoms. The zero-order valence-electron chi connectivity index (χ0n) is 13.6. The van der Waals surface area contributed by atoms with E-state index in [1.807, 2.05) is 29.2 Å². The molecule has 1 aromatic carbocycles. The molecule has 0 aliphatic carbocycles. The van der Waals surface area contributed by atoms with Crippen molar-refractivity contribution in [3.8, 4) is 11.3 Å². The second kappa shape index (κ2) is 8.51. The predicted molar refractivity (Wildman–Crippen MR) is 98.9 cm³/mol. The van der Waals surface area contributed by atoms with E-state index in [1.54, 1.807) is 6.07 Å². The van der Waals surface area contributed by atoms with Gasteiger partial charge in [-0.1, -0.05) is 36.7 Å². The Labute approximate surface area is 153 Å². The monoisotopic (exact) mass is 368 g/mol. The van der Waals surface area contributed by atoms with Gasteiger partial charge in [0.25, 0.3) is 5.91 Å². The first-order valence-corrected chi connectivity index (χ1v) is 8.40. The van der Waals surface area contributed by atoms with E-state index in [0.717, 1.165) is 38.0 Å². The van der Waals surface area contributed by atoms with Crippen LogP contribution in [0.5, 0.6) is 0 Å². The third-order valence-corrected chi connectivity index (χ3v) is 4.49. The molecular weight excluding hydrogens is 347 g/mol. The average Bonchev–Trinajstić information content (AvgIpc) is 3.24. The fraction of sp³-hybridized carbons (Fsp3) is 0.412. The third-order valence-electron chi connectivity index (χ3n) is 4.16. The lowest BCUT2D eigenvalue weighted by molar-refractivity contribution is 0.0686. The summed E-state index contributed by atoms with van der Waals surface area (Å²) in [6, 6.07) is 9.55. The summed E-state index contributed by atoms with van der Waals surface area (Å²) in [5, 5.41) is 11.1. The number of nitrogens with zero attached hydrogens (tertiary/aromatic N) is 2. The van der Waals surface area contributed by atoms with Gasteiger partial charge in [-0.15, -0.1) is 12.4 Å². The normalized spacial score (nSPS) is 16.7. The SMILES string of the molecule is CCCN(C(=O)c1cc(-c2ccccc2Cl)n[nH]1)C1CCNC1.Cl. The van der Waals surface area contributed by atoms with Crippen LogP contribution in [0.2, 0.25) is 5.02 Å². The second-order valence-electron chi connectivity index (χ2n) is 5.79. The maximum Gasteiger partial charge on any atom is 0.272 e. The Kier molecular flexibility index (Phi) is 6.66. The van der Waals surface area contributed by atoms with Crippen molar-refractivity contribution in [3.05, 3.63) is 41.0 Å². The van der Waals surface area contributed by atoms with Crippen LogP contribution < -0.4 is 5.32 Å². The summed E-state index contributed by atoms with van der Waals surface area (Å²) < 4.78 is 0. The van der Waals surface area contributed by atoms with E-state index < -0.39 is 0 Å². The molecule has 1 aliphatic rings. The van der Waals surface area contributed by atoms with E-state index >= 15 is 0 Å². The Bertz CT molecular complexity index is 683. The van der Waals surface area contributed by atoms with Gasteiger partial charge in [0.2, 0.25) is 0 Å². The first-order chi connectivity index (χ1) is 11.2. The summed E-state index contributed by atoms with van der Waals surface area (Å²) in [6.45, 7) is 4.67. The predicted octanol–water partition coefficient (Wildman–Crippen LogP) is 3.37. The van der Waals surface area contributed by atoms with Gasteiger partial charge in [0.15, 0.2) is 0 Å². The van der Waals surface area contributed by atoms with Gasteiger partial charge in [0.05, 0.1) is 10.7 Å². The number of aromatic amines is 1. The van der Waals surface area contributed by atoms with Crippen LogP contribution in [-0.4, -0.2) is 46.7 Å². The number of rotatable bonds is 5. The van der Waals surface area contributed by atoms with Gasteiger partial charge in [0, 0.05) is 24.7 Å². The largest absolute Gasteiger partial charge is 0.333 e. The van der Waals surface area contributed by atoms with E-state index in [-0.39, 0.29) is 24.4 Å². The fourth-order valence-corrected chi connectivity index (χ4v) is 3.22. The van der Waals surface area contributed by atoms with E-state index in [4.69, 9.17) is 11.6 Å². The summed E-state index contributed by atoms with van der Waals surface area (Å²) in [4.78, 5) is 14.8. The molecule has 130 valence electrons. The molecular formula is C17H22Cl2N4O. The smallest absolute Gasteiger partial charge is 0.272 e. The van der Waals surface area contributed by atoms with Crippen LogP contribution in [-0.2, 0) is 0 Å². The summed E-state index contributed by atoms with van der Waals surface area (Å²) in [5.74, 6) is 0.00588. The van der Waals surface area contributed by atoms with Crippen LogP contribution in [0.15, 0.2) is 30.3 Å². The number of carbonyl (C=O) groups is 1. The fourth-order valence-electron chi connectivity index (χ4n) is 2.99. The van der Waals surface area contributed by atoms with Crippen LogP contribution in [0.4, 0.5) is 0 Å². The highest BCUT2D eigenvalue weighted by Gasteiger charge is 2.27. The van der Waals surface area contributed by atoms with E-state index in [1.165, 1.54) is 0 Å². The molecule has 1 aromatic heterocycles. The van der Waals surface area contributed by atoms with Crippen molar-refractivity contribution in [2.75, 3.05) is 19.6 Å². The van der Waals surface area contributed by atoms with E-state index in [0.29, 0.717) is 16.4 Å². The number of hydrogen-bond donors (Lipinski definition) is 2. The van der Waals surface area contributed by atoms with Crippen molar-refractivity contribution in [1.82, 2.24) is 20.4 Å². The van der Waals surface area contributed by atoms with Crippen LogP contribution in [0.1, 0.15) is 30.3 Å². The second-order valence-corrected chi connectivity index (χ2v) is 6.20. The van der Waals surface area contributed by atoms with Crippen molar-refractivity contribution in [1.29, 1.82) is 0 Å². The quantitative estimate of drug-likeness (QED) is 0.850. The van der Waals surface area contributed by atoms with Crippen molar-refractivity contribution >= 4 is 29.9 Å². The Balaban J connectivity index is 0.00000208. The van der Waals surface area contributed by atoms with E-state index in [2.05, 4.69) is 22.4 Å².